The third kappa shape index (κ3) is 2.12. The van der Waals surface area contributed by atoms with Crippen molar-refractivity contribution in [2.45, 2.75) is 19.9 Å². The van der Waals surface area contributed by atoms with Gasteiger partial charge in [0.1, 0.15) is 0 Å². The molecule has 1 unspecified atom stereocenters. The Morgan fingerprint density at radius 1 is 1.50 bits per heavy atom. The molecule has 0 fully saturated rings. The first-order chi connectivity index (χ1) is 7.72. The summed E-state index contributed by atoms with van der Waals surface area (Å²) in [6.07, 6.45) is 3.71. The summed E-state index contributed by atoms with van der Waals surface area (Å²) in [6, 6.07) is 0.135. The Labute approximate surface area is 98.5 Å². The quantitative estimate of drug-likeness (QED) is 0.870. The lowest BCUT2D eigenvalue weighted by atomic mass is 10.2. The Bertz CT molecular complexity index is 461. The van der Waals surface area contributed by atoms with Crippen LogP contribution in [0.2, 0.25) is 0 Å². The van der Waals surface area contributed by atoms with E-state index in [1.54, 1.807) is 22.2 Å². The van der Waals surface area contributed by atoms with Gasteiger partial charge in [0.15, 0.2) is 0 Å². The van der Waals surface area contributed by atoms with Gasteiger partial charge in [0, 0.05) is 18.1 Å². The second-order valence-electron chi connectivity index (χ2n) is 3.55. The minimum absolute atomic E-state index is 0.135. The van der Waals surface area contributed by atoms with Crippen molar-refractivity contribution in [3.05, 3.63) is 28.0 Å². The van der Waals surface area contributed by atoms with Gasteiger partial charge in [-0.2, -0.15) is 0 Å². The van der Waals surface area contributed by atoms with Gasteiger partial charge < -0.3 is 5.32 Å². The molecule has 16 heavy (non-hydrogen) atoms. The number of thiazole rings is 1. The highest BCUT2D eigenvalue weighted by molar-refractivity contribution is 7.11. The molecule has 2 rings (SSSR count). The first kappa shape index (κ1) is 11.2. The van der Waals surface area contributed by atoms with Crippen LogP contribution in [0.4, 0.5) is 0 Å². The molecule has 5 nitrogen and oxygen atoms in total. The number of aryl methyl sites for hydroxylation is 2. The highest BCUT2D eigenvalue weighted by Gasteiger charge is 2.18. The Kier molecular flexibility index (Phi) is 3.31. The summed E-state index contributed by atoms with van der Waals surface area (Å²) in [7, 11) is 1.90. The van der Waals surface area contributed by atoms with Gasteiger partial charge in [-0.3, -0.25) is 4.68 Å². The van der Waals surface area contributed by atoms with Crippen LogP contribution in [0.1, 0.15) is 28.5 Å². The summed E-state index contributed by atoms with van der Waals surface area (Å²) in [4.78, 5) is 5.49. The van der Waals surface area contributed by atoms with Crippen LogP contribution in [0.5, 0.6) is 0 Å². The van der Waals surface area contributed by atoms with Crippen molar-refractivity contribution in [2.24, 2.45) is 7.05 Å². The molecule has 1 atom stereocenters. The van der Waals surface area contributed by atoms with E-state index in [2.05, 4.69) is 27.5 Å². The van der Waals surface area contributed by atoms with E-state index in [4.69, 9.17) is 0 Å². The molecule has 0 radical (unpaired) electrons. The molecular formula is C10H15N5S. The number of hydrogen-bond acceptors (Lipinski definition) is 5. The highest BCUT2D eigenvalue weighted by atomic mass is 32.1. The summed E-state index contributed by atoms with van der Waals surface area (Å²) in [5.74, 6) is 0. The summed E-state index contributed by atoms with van der Waals surface area (Å²) in [5.41, 5.74) is 1.06. The standard InChI is InChI=1S/C10H15N5S/c1-4-11-10(8-5-13-14-15(8)3)9-6-12-7(2)16-9/h5-6,10-11H,4H2,1-3H3. The zero-order chi connectivity index (χ0) is 11.5. The van der Waals surface area contributed by atoms with Gasteiger partial charge in [-0.1, -0.05) is 12.1 Å². The minimum Gasteiger partial charge on any atom is -0.304 e. The Hall–Kier alpha value is -1.27. The van der Waals surface area contributed by atoms with E-state index < -0.39 is 0 Å². The van der Waals surface area contributed by atoms with Crippen LogP contribution >= 0.6 is 11.3 Å². The maximum absolute atomic E-state index is 4.29. The van der Waals surface area contributed by atoms with Gasteiger partial charge in [-0.25, -0.2) is 4.98 Å². The van der Waals surface area contributed by atoms with E-state index in [1.165, 1.54) is 4.88 Å². The largest absolute Gasteiger partial charge is 0.304 e. The zero-order valence-electron chi connectivity index (χ0n) is 9.64. The lowest BCUT2D eigenvalue weighted by Gasteiger charge is -2.15. The van der Waals surface area contributed by atoms with Crippen molar-refractivity contribution in [3.8, 4) is 0 Å². The number of rotatable bonds is 4. The van der Waals surface area contributed by atoms with Crippen LogP contribution in [0, 0.1) is 6.92 Å². The molecule has 0 aliphatic carbocycles. The van der Waals surface area contributed by atoms with E-state index in [0.29, 0.717) is 0 Å². The van der Waals surface area contributed by atoms with Crippen LogP contribution in [0.25, 0.3) is 0 Å². The number of hydrogen-bond donors (Lipinski definition) is 1. The lowest BCUT2D eigenvalue weighted by molar-refractivity contribution is 0.574. The van der Waals surface area contributed by atoms with E-state index >= 15 is 0 Å². The molecule has 0 bridgehead atoms. The number of aromatic nitrogens is 4. The molecule has 86 valence electrons. The second kappa shape index (κ2) is 4.71. The van der Waals surface area contributed by atoms with E-state index in [9.17, 15) is 0 Å². The third-order valence-electron chi connectivity index (χ3n) is 2.38. The molecule has 2 aromatic rings. The first-order valence-electron chi connectivity index (χ1n) is 5.22. The van der Waals surface area contributed by atoms with Crippen LogP contribution in [0.15, 0.2) is 12.4 Å². The average Bonchev–Trinajstić information content (AvgIpc) is 2.84. The summed E-state index contributed by atoms with van der Waals surface area (Å²) in [6.45, 7) is 5.00. The van der Waals surface area contributed by atoms with E-state index in [0.717, 1.165) is 17.2 Å². The minimum atomic E-state index is 0.135. The van der Waals surface area contributed by atoms with Gasteiger partial charge in [-0.15, -0.1) is 16.4 Å². The van der Waals surface area contributed by atoms with Crippen LogP contribution in [-0.2, 0) is 7.05 Å². The molecule has 0 aromatic carbocycles. The Morgan fingerprint density at radius 2 is 2.31 bits per heavy atom. The smallest absolute Gasteiger partial charge is 0.0897 e. The summed E-state index contributed by atoms with van der Waals surface area (Å²) >= 11 is 1.70. The average molecular weight is 237 g/mol. The van der Waals surface area contributed by atoms with Crippen LogP contribution < -0.4 is 5.32 Å². The fourth-order valence-corrected chi connectivity index (χ4v) is 2.50. The van der Waals surface area contributed by atoms with Gasteiger partial charge >= 0.3 is 0 Å². The van der Waals surface area contributed by atoms with Crippen molar-refractivity contribution in [1.82, 2.24) is 25.3 Å². The van der Waals surface area contributed by atoms with Gasteiger partial charge in [0.2, 0.25) is 0 Å². The molecule has 0 aliphatic heterocycles. The van der Waals surface area contributed by atoms with Gasteiger partial charge in [0.25, 0.3) is 0 Å². The molecule has 1 N–H and O–H groups in total. The molecule has 0 saturated heterocycles. The lowest BCUT2D eigenvalue weighted by Crippen LogP contribution is -2.23. The fraction of sp³-hybridized carbons (Fsp3) is 0.500. The van der Waals surface area contributed by atoms with Crippen LogP contribution in [0.3, 0.4) is 0 Å². The molecule has 0 amide bonds. The van der Waals surface area contributed by atoms with Crippen molar-refractivity contribution >= 4 is 11.3 Å². The maximum Gasteiger partial charge on any atom is 0.0897 e. The topological polar surface area (TPSA) is 55.6 Å². The van der Waals surface area contributed by atoms with Crippen LogP contribution in [-0.4, -0.2) is 26.5 Å². The summed E-state index contributed by atoms with van der Waals surface area (Å²) in [5, 5.41) is 12.4. The molecule has 2 aromatic heterocycles. The van der Waals surface area contributed by atoms with Crippen molar-refractivity contribution in [1.29, 1.82) is 0 Å². The molecule has 0 aliphatic rings. The predicted octanol–water partition coefficient (Wildman–Crippen LogP) is 1.28. The number of nitrogens with zero attached hydrogens (tertiary/aromatic N) is 4. The van der Waals surface area contributed by atoms with Crippen molar-refractivity contribution in [2.75, 3.05) is 6.54 Å². The summed E-state index contributed by atoms with van der Waals surface area (Å²) < 4.78 is 1.79. The van der Waals surface area contributed by atoms with Crippen molar-refractivity contribution in [3.63, 3.8) is 0 Å². The molecular weight excluding hydrogens is 222 g/mol. The highest BCUT2D eigenvalue weighted by Crippen LogP contribution is 2.25. The fourth-order valence-electron chi connectivity index (χ4n) is 1.63. The Balaban J connectivity index is 2.34. The monoisotopic (exact) mass is 237 g/mol. The second-order valence-corrected chi connectivity index (χ2v) is 4.82. The van der Waals surface area contributed by atoms with Crippen molar-refractivity contribution < 1.29 is 0 Å². The molecule has 0 spiro atoms. The maximum atomic E-state index is 4.29. The molecule has 0 saturated carbocycles. The molecule has 2 heterocycles. The van der Waals surface area contributed by atoms with Gasteiger partial charge in [0.05, 0.1) is 22.9 Å². The normalized spacial score (nSPS) is 12.9. The van der Waals surface area contributed by atoms with E-state index in [1.807, 2.05) is 20.2 Å². The van der Waals surface area contributed by atoms with E-state index in [-0.39, 0.29) is 6.04 Å². The number of nitrogens with one attached hydrogen (secondary N) is 1. The Morgan fingerprint density at radius 3 is 2.81 bits per heavy atom. The third-order valence-corrected chi connectivity index (χ3v) is 3.35. The first-order valence-corrected chi connectivity index (χ1v) is 6.04. The van der Waals surface area contributed by atoms with Gasteiger partial charge in [-0.05, 0) is 13.5 Å². The molecule has 6 heteroatoms. The zero-order valence-corrected chi connectivity index (χ0v) is 10.5. The predicted molar refractivity (Wildman–Crippen MR) is 63.4 cm³/mol. The SMILES string of the molecule is CCNC(c1cnc(C)s1)c1cnnn1C.